The Morgan fingerprint density at radius 2 is 2.00 bits per heavy atom. The lowest BCUT2D eigenvalue weighted by molar-refractivity contribution is 0.171. The fourth-order valence-electron chi connectivity index (χ4n) is 2.05. The maximum absolute atomic E-state index is 13.1. The highest BCUT2D eigenvalue weighted by molar-refractivity contribution is 5.50. The molecule has 0 heterocycles. The lowest BCUT2D eigenvalue weighted by atomic mass is 10.1. The number of nitrogen functional groups attached to an aromatic ring is 1. The molecule has 106 valence electrons. The highest BCUT2D eigenvalue weighted by atomic mass is 19.1. The summed E-state index contributed by atoms with van der Waals surface area (Å²) in [6.45, 7) is 2.66. The van der Waals surface area contributed by atoms with Crippen molar-refractivity contribution in [2.24, 2.45) is 0 Å². The van der Waals surface area contributed by atoms with E-state index in [1.807, 2.05) is 31.2 Å². The maximum Gasteiger partial charge on any atom is 0.146 e. The predicted octanol–water partition coefficient (Wildman–Crippen LogP) is 3.25. The number of para-hydroxylation sites is 1. The molecule has 0 saturated heterocycles. The molecule has 0 aromatic heterocycles. The first-order valence-electron chi connectivity index (χ1n) is 6.60. The van der Waals surface area contributed by atoms with Crippen LogP contribution < -0.4 is 11.1 Å². The Morgan fingerprint density at radius 3 is 2.70 bits per heavy atom. The Balaban J connectivity index is 1.90. The minimum Gasteiger partial charge on any atom is -0.396 e. The number of anilines is 2. The van der Waals surface area contributed by atoms with Gasteiger partial charge in [-0.15, -0.1) is 0 Å². The van der Waals surface area contributed by atoms with Crippen LogP contribution in [0.15, 0.2) is 42.5 Å². The first-order chi connectivity index (χ1) is 9.58. The first kappa shape index (κ1) is 14.3. The third-order valence-electron chi connectivity index (χ3n) is 3.28. The van der Waals surface area contributed by atoms with Gasteiger partial charge in [-0.2, -0.15) is 0 Å². The van der Waals surface area contributed by atoms with Gasteiger partial charge in [-0.3, -0.25) is 0 Å². The van der Waals surface area contributed by atoms with E-state index in [0.717, 1.165) is 11.3 Å². The summed E-state index contributed by atoms with van der Waals surface area (Å²) in [5.41, 5.74) is 8.41. The molecule has 3 nitrogen and oxygen atoms in total. The summed E-state index contributed by atoms with van der Waals surface area (Å²) in [4.78, 5) is 0. The third-order valence-corrected chi connectivity index (χ3v) is 3.28. The van der Waals surface area contributed by atoms with Gasteiger partial charge in [0.15, 0.2) is 0 Å². The molecule has 1 atom stereocenters. The fourth-order valence-corrected chi connectivity index (χ4v) is 2.05. The molecule has 2 rings (SSSR count). The zero-order valence-corrected chi connectivity index (χ0v) is 11.4. The van der Waals surface area contributed by atoms with Crippen LogP contribution in [-0.2, 0) is 0 Å². The Labute approximate surface area is 118 Å². The third kappa shape index (κ3) is 3.48. The van der Waals surface area contributed by atoms with E-state index < -0.39 is 11.9 Å². The van der Waals surface area contributed by atoms with E-state index in [-0.39, 0.29) is 5.69 Å². The van der Waals surface area contributed by atoms with E-state index in [1.54, 1.807) is 6.07 Å². The van der Waals surface area contributed by atoms with E-state index in [4.69, 9.17) is 5.73 Å². The van der Waals surface area contributed by atoms with Crippen molar-refractivity contribution in [2.75, 3.05) is 17.6 Å². The lowest BCUT2D eigenvalue weighted by Crippen LogP contribution is -2.09. The zero-order valence-electron chi connectivity index (χ0n) is 11.4. The van der Waals surface area contributed by atoms with Gasteiger partial charge in [-0.25, -0.2) is 4.39 Å². The number of halogens is 1. The summed E-state index contributed by atoms with van der Waals surface area (Å²) in [5.74, 6) is -0.459. The Hall–Kier alpha value is -2.07. The van der Waals surface area contributed by atoms with Gasteiger partial charge < -0.3 is 16.2 Å². The molecule has 0 aliphatic carbocycles. The Morgan fingerprint density at radius 1 is 1.25 bits per heavy atom. The van der Waals surface area contributed by atoms with E-state index >= 15 is 0 Å². The Kier molecular flexibility index (Phi) is 4.58. The van der Waals surface area contributed by atoms with Gasteiger partial charge in [0.05, 0.1) is 11.8 Å². The molecule has 0 amide bonds. The number of nitrogens with one attached hydrogen (secondary N) is 1. The predicted molar refractivity (Wildman–Crippen MR) is 80.1 cm³/mol. The number of aliphatic hydroxyl groups is 1. The number of nitrogens with two attached hydrogens (primary N) is 1. The molecule has 2 aromatic carbocycles. The monoisotopic (exact) mass is 274 g/mol. The van der Waals surface area contributed by atoms with Crippen molar-refractivity contribution in [3.05, 3.63) is 59.4 Å². The minimum atomic E-state index is -0.658. The molecule has 0 fully saturated rings. The lowest BCUT2D eigenvalue weighted by Gasteiger charge is -2.14. The molecule has 4 N–H and O–H groups in total. The molecule has 0 aliphatic heterocycles. The normalized spacial score (nSPS) is 12.2. The van der Waals surface area contributed by atoms with Crippen molar-refractivity contribution in [3.8, 4) is 0 Å². The number of hydrogen-bond donors (Lipinski definition) is 3. The summed E-state index contributed by atoms with van der Waals surface area (Å²) in [6, 6.07) is 12.3. The minimum absolute atomic E-state index is 0.0633. The van der Waals surface area contributed by atoms with Gasteiger partial charge in [-0.05, 0) is 42.7 Å². The van der Waals surface area contributed by atoms with Gasteiger partial charge >= 0.3 is 0 Å². The number of benzene rings is 2. The van der Waals surface area contributed by atoms with Gasteiger partial charge in [0, 0.05) is 12.2 Å². The molecule has 0 aliphatic rings. The number of aliphatic hydroxyl groups excluding tert-OH is 1. The zero-order chi connectivity index (χ0) is 14.5. The van der Waals surface area contributed by atoms with Crippen LogP contribution in [0.4, 0.5) is 15.8 Å². The van der Waals surface area contributed by atoms with Crippen molar-refractivity contribution < 1.29 is 9.50 Å². The fraction of sp³-hybridized carbons (Fsp3) is 0.250. The second-order valence-corrected chi connectivity index (χ2v) is 4.83. The van der Waals surface area contributed by atoms with Crippen LogP contribution in [0.2, 0.25) is 0 Å². The summed E-state index contributed by atoms with van der Waals surface area (Å²) in [6.07, 6.45) is -0.131. The molecule has 0 saturated carbocycles. The van der Waals surface area contributed by atoms with Gasteiger partial charge in [0.2, 0.25) is 0 Å². The average molecular weight is 274 g/mol. The summed E-state index contributed by atoms with van der Waals surface area (Å²) in [7, 11) is 0. The smallest absolute Gasteiger partial charge is 0.146 e. The summed E-state index contributed by atoms with van der Waals surface area (Å²) in [5, 5.41) is 13.3. The SMILES string of the molecule is Cc1ccccc1NCCC(O)c1ccc(F)c(N)c1. The highest BCUT2D eigenvalue weighted by Crippen LogP contribution is 2.21. The van der Waals surface area contributed by atoms with Gasteiger partial charge in [0.25, 0.3) is 0 Å². The van der Waals surface area contributed by atoms with Gasteiger partial charge in [-0.1, -0.05) is 24.3 Å². The molecule has 0 spiro atoms. The average Bonchev–Trinajstić information content (AvgIpc) is 2.44. The molecule has 2 aromatic rings. The maximum atomic E-state index is 13.1. The van der Waals surface area contributed by atoms with Crippen molar-refractivity contribution in [2.45, 2.75) is 19.4 Å². The van der Waals surface area contributed by atoms with Crippen molar-refractivity contribution >= 4 is 11.4 Å². The quantitative estimate of drug-likeness (QED) is 0.733. The summed E-state index contributed by atoms with van der Waals surface area (Å²) < 4.78 is 13.1. The van der Waals surface area contributed by atoms with E-state index in [2.05, 4.69) is 5.32 Å². The van der Waals surface area contributed by atoms with Crippen molar-refractivity contribution in [1.82, 2.24) is 0 Å². The first-order valence-corrected chi connectivity index (χ1v) is 6.60. The van der Waals surface area contributed by atoms with Crippen LogP contribution in [0.5, 0.6) is 0 Å². The topological polar surface area (TPSA) is 58.3 Å². The molecular formula is C16H19FN2O. The van der Waals surface area contributed by atoms with Crippen molar-refractivity contribution in [1.29, 1.82) is 0 Å². The molecule has 20 heavy (non-hydrogen) atoms. The number of hydrogen-bond acceptors (Lipinski definition) is 3. The molecular weight excluding hydrogens is 255 g/mol. The van der Waals surface area contributed by atoms with Crippen LogP contribution in [0.1, 0.15) is 23.7 Å². The van der Waals surface area contributed by atoms with E-state index in [0.29, 0.717) is 18.5 Å². The molecule has 4 heteroatoms. The summed E-state index contributed by atoms with van der Waals surface area (Å²) >= 11 is 0. The van der Waals surface area contributed by atoms with Crippen LogP contribution >= 0.6 is 0 Å². The van der Waals surface area contributed by atoms with Gasteiger partial charge in [0.1, 0.15) is 5.82 Å². The molecule has 1 unspecified atom stereocenters. The standard InChI is InChI=1S/C16H19FN2O/c1-11-4-2-3-5-15(11)19-9-8-16(20)12-6-7-13(17)14(18)10-12/h2-7,10,16,19-20H,8-9,18H2,1H3. The van der Waals surface area contributed by atoms with Crippen molar-refractivity contribution in [3.63, 3.8) is 0 Å². The van der Waals surface area contributed by atoms with E-state index in [9.17, 15) is 9.50 Å². The second kappa shape index (κ2) is 6.39. The largest absolute Gasteiger partial charge is 0.396 e. The molecule has 0 bridgehead atoms. The molecule has 0 radical (unpaired) electrons. The van der Waals surface area contributed by atoms with Crippen LogP contribution in [-0.4, -0.2) is 11.7 Å². The van der Waals surface area contributed by atoms with Crippen LogP contribution in [0.25, 0.3) is 0 Å². The van der Waals surface area contributed by atoms with Crippen LogP contribution in [0.3, 0.4) is 0 Å². The van der Waals surface area contributed by atoms with E-state index in [1.165, 1.54) is 12.1 Å². The second-order valence-electron chi connectivity index (χ2n) is 4.83. The number of aryl methyl sites for hydroxylation is 1. The highest BCUT2D eigenvalue weighted by Gasteiger charge is 2.09. The Bertz CT molecular complexity index is 586. The number of rotatable bonds is 5. The van der Waals surface area contributed by atoms with Crippen LogP contribution in [0, 0.1) is 12.7 Å².